The van der Waals surface area contributed by atoms with Gasteiger partial charge in [0, 0.05) is 25.2 Å². The quantitative estimate of drug-likeness (QED) is 0.758. The standard InChI is InChI=1S/C18H20N6O/c1-12-14(9-10-24(12)11-13-5-3-2-4-6-13)20-18(25)16-8-7-15-17(19-16)22-23-21-15/h2-8,12,14H,9-11H2,1H3,(H,20,25)(H,19,21,22,23). The summed E-state index contributed by atoms with van der Waals surface area (Å²) in [5, 5.41) is 13.5. The molecule has 7 heteroatoms. The molecule has 1 aliphatic rings. The molecule has 3 aromatic rings. The van der Waals surface area contributed by atoms with E-state index in [1.165, 1.54) is 5.56 Å². The molecule has 0 spiro atoms. The number of nitrogens with one attached hydrogen (secondary N) is 2. The van der Waals surface area contributed by atoms with E-state index < -0.39 is 0 Å². The van der Waals surface area contributed by atoms with Crippen molar-refractivity contribution in [1.29, 1.82) is 0 Å². The van der Waals surface area contributed by atoms with Gasteiger partial charge in [-0.3, -0.25) is 9.69 Å². The second kappa shape index (κ2) is 6.60. The van der Waals surface area contributed by atoms with Crippen LogP contribution in [0.1, 0.15) is 29.4 Å². The van der Waals surface area contributed by atoms with Crippen LogP contribution in [0.2, 0.25) is 0 Å². The number of fused-ring (bicyclic) bond motifs is 1. The molecule has 128 valence electrons. The van der Waals surface area contributed by atoms with E-state index in [1.807, 2.05) is 6.07 Å². The number of carbonyl (C=O) groups excluding carboxylic acids is 1. The third kappa shape index (κ3) is 3.23. The SMILES string of the molecule is CC1C(NC(=O)c2ccc3n[nH]nc3n2)CCN1Cc1ccccc1. The van der Waals surface area contributed by atoms with Crippen molar-refractivity contribution in [2.75, 3.05) is 6.54 Å². The molecule has 2 N–H and O–H groups in total. The molecular formula is C18H20N6O. The molecule has 2 aromatic heterocycles. The molecule has 1 aromatic carbocycles. The van der Waals surface area contributed by atoms with Crippen molar-refractivity contribution < 1.29 is 4.79 Å². The summed E-state index contributed by atoms with van der Waals surface area (Å²) in [4.78, 5) is 19.2. The second-order valence-corrected chi connectivity index (χ2v) is 6.43. The highest BCUT2D eigenvalue weighted by Gasteiger charge is 2.32. The molecule has 1 fully saturated rings. The van der Waals surface area contributed by atoms with Gasteiger partial charge in [-0.2, -0.15) is 10.3 Å². The van der Waals surface area contributed by atoms with Crippen LogP contribution in [0, 0.1) is 0 Å². The van der Waals surface area contributed by atoms with Crippen molar-refractivity contribution >= 4 is 17.1 Å². The van der Waals surface area contributed by atoms with Gasteiger partial charge in [0.05, 0.1) is 0 Å². The third-order valence-corrected chi connectivity index (χ3v) is 4.84. The zero-order valence-corrected chi connectivity index (χ0v) is 14.0. The Kier molecular flexibility index (Phi) is 4.15. The third-order valence-electron chi connectivity index (χ3n) is 4.84. The van der Waals surface area contributed by atoms with E-state index >= 15 is 0 Å². The number of rotatable bonds is 4. The highest BCUT2D eigenvalue weighted by molar-refractivity contribution is 5.94. The lowest BCUT2D eigenvalue weighted by Gasteiger charge is -2.25. The summed E-state index contributed by atoms with van der Waals surface area (Å²) in [6.45, 7) is 4.03. The van der Waals surface area contributed by atoms with E-state index in [1.54, 1.807) is 12.1 Å². The van der Waals surface area contributed by atoms with Crippen LogP contribution in [0.5, 0.6) is 0 Å². The lowest BCUT2D eigenvalue weighted by molar-refractivity contribution is 0.0922. The minimum absolute atomic E-state index is 0.117. The lowest BCUT2D eigenvalue weighted by atomic mass is 10.1. The number of likely N-dealkylation sites (tertiary alicyclic amines) is 1. The van der Waals surface area contributed by atoms with Gasteiger partial charge in [0.1, 0.15) is 11.2 Å². The molecule has 25 heavy (non-hydrogen) atoms. The predicted molar refractivity (Wildman–Crippen MR) is 93.9 cm³/mol. The zero-order chi connectivity index (χ0) is 17.2. The maximum atomic E-state index is 12.5. The van der Waals surface area contributed by atoms with Gasteiger partial charge in [0.2, 0.25) is 5.65 Å². The van der Waals surface area contributed by atoms with Gasteiger partial charge >= 0.3 is 0 Å². The topological polar surface area (TPSA) is 86.8 Å². The fourth-order valence-corrected chi connectivity index (χ4v) is 3.34. The van der Waals surface area contributed by atoms with Gasteiger partial charge in [-0.25, -0.2) is 4.98 Å². The highest BCUT2D eigenvalue weighted by atomic mass is 16.2. The van der Waals surface area contributed by atoms with Crippen LogP contribution in [0.15, 0.2) is 42.5 Å². The van der Waals surface area contributed by atoms with E-state index in [4.69, 9.17) is 0 Å². The number of H-pyrrole nitrogens is 1. The van der Waals surface area contributed by atoms with E-state index in [2.05, 4.69) is 61.8 Å². The number of hydrogen-bond acceptors (Lipinski definition) is 5. The average Bonchev–Trinajstić information content (AvgIpc) is 3.23. The number of aromatic nitrogens is 4. The van der Waals surface area contributed by atoms with Crippen molar-refractivity contribution in [2.45, 2.75) is 32.0 Å². The molecule has 1 amide bonds. The monoisotopic (exact) mass is 336 g/mol. The Morgan fingerprint density at radius 1 is 1.24 bits per heavy atom. The Balaban J connectivity index is 1.41. The van der Waals surface area contributed by atoms with Crippen LogP contribution in [0.4, 0.5) is 0 Å². The first-order valence-electron chi connectivity index (χ1n) is 8.47. The molecule has 0 radical (unpaired) electrons. The minimum atomic E-state index is -0.164. The van der Waals surface area contributed by atoms with Gasteiger partial charge in [0.15, 0.2) is 0 Å². The van der Waals surface area contributed by atoms with Crippen LogP contribution in [-0.4, -0.2) is 49.8 Å². The van der Waals surface area contributed by atoms with Crippen LogP contribution < -0.4 is 5.32 Å². The predicted octanol–water partition coefficient (Wildman–Crippen LogP) is 1.75. The summed E-state index contributed by atoms with van der Waals surface area (Å²) in [6.07, 6.45) is 0.936. The second-order valence-electron chi connectivity index (χ2n) is 6.43. The lowest BCUT2D eigenvalue weighted by Crippen LogP contribution is -2.43. The Morgan fingerprint density at radius 3 is 2.92 bits per heavy atom. The van der Waals surface area contributed by atoms with Crippen molar-refractivity contribution in [3.63, 3.8) is 0 Å². The summed E-state index contributed by atoms with van der Waals surface area (Å²) in [5.74, 6) is -0.164. The van der Waals surface area contributed by atoms with E-state index in [0.29, 0.717) is 16.9 Å². The van der Waals surface area contributed by atoms with Crippen molar-refractivity contribution in [1.82, 2.24) is 30.6 Å². The Labute approximate surface area is 145 Å². The van der Waals surface area contributed by atoms with Crippen LogP contribution >= 0.6 is 0 Å². The fourth-order valence-electron chi connectivity index (χ4n) is 3.34. The number of benzene rings is 1. The van der Waals surface area contributed by atoms with E-state index in [9.17, 15) is 4.79 Å². The van der Waals surface area contributed by atoms with Crippen LogP contribution in [-0.2, 0) is 6.54 Å². The van der Waals surface area contributed by atoms with Gasteiger partial charge in [-0.1, -0.05) is 30.3 Å². The molecule has 0 bridgehead atoms. The normalized spacial score (nSPS) is 20.8. The fraction of sp³-hybridized carbons (Fsp3) is 0.333. The smallest absolute Gasteiger partial charge is 0.270 e. The molecule has 2 atom stereocenters. The van der Waals surface area contributed by atoms with Gasteiger partial charge in [-0.15, -0.1) is 5.10 Å². The molecule has 4 rings (SSSR count). The van der Waals surface area contributed by atoms with Crippen LogP contribution in [0.25, 0.3) is 11.2 Å². The average molecular weight is 336 g/mol. The minimum Gasteiger partial charge on any atom is -0.346 e. The first kappa shape index (κ1) is 15.7. The molecule has 1 aliphatic heterocycles. The number of pyridine rings is 1. The number of carbonyl (C=O) groups is 1. The Bertz CT molecular complexity index is 877. The Hall–Kier alpha value is -2.80. The van der Waals surface area contributed by atoms with E-state index in [-0.39, 0.29) is 18.0 Å². The van der Waals surface area contributed by atoms with Gasteiger partial charge < -0.3 is 5.32 Å². The number of amides is 1. The number of aromatic amines is 1. The van der Waals surface area contributed by atoms with Crippen molar-refractivity contribution in [3.8, 4) is 0 Å². The summed E-state index contributed by atoms with van der Waals surface area (Å²) in [7, 11) is 0. The molecule has 1 saturated heterocycles. The van der Waals surface area contributed by atoms with Gasteiger partial charge in [0.25, 0.3) is 5.91 Å². The Morgan fingerprint density at radius 2 is 2.08 bits per heavy atom. The first-order chi connectivity index (χ1) is 12.2. The van der Waals surface area contributed by atoms with Crippen molar-refractivity contribution in [3.05, 3.63) is 53.7 Å². The zero-order valence-electron chi connectivity index (χ0n) is 14.0. The maximum absolute atomic E-state index is 12.5. The maximum Gasteiger partial charge on any atom is 0.270 e. The summed E-state index contributed by atoms with van der Waals surface area (Å²) in [6, 6.07) is 14.2. The van der Waals surface area contributed by atoms with Crippen LogP contribution in [0.3, 0.4) is 0 Å². The molecule has 0 aliphatic carbocycles. The number of nitrogens with zero attached hydrogens (tertiary/aromatic N) is 4. The van der Waals surface area contributed by atoms with Crippen molar-refractivity contribution in [2.24, 2.45) is 0 Å². The summed E-state index contributed by atoms with van der Waals surface area (Å²) < 4.78 is 0. The number of hydrogen-bond donors (Lipinski definition) is 2. The largest absolute Gasteiger partial charge is 0.346 e. The first-order valence-corrected chi connectivity index (χ1v) is 8.47. The molecule has 3 heterocycles. The molecule has 2 unspecified atom stereocenters. The molecule has 0 saturated carbocycles. The summed E-state index contributed by atoms with van der Waals surface area (Å²) >= 11 is 0. The highest BCUT2D eigenvalue weighted by Crippen LogP contribution is 2.21. The van der Waals surface area contributed by atoms with Gasteiger partial charge in [-0.05, 0) is 31.0 Å². The summed E-state index contributed by atoms with van der Waals surface area (Å²) in [5.41, 5.74) is 2.77. The van der Waals surface area contributed by atoms with E-state index in [0.717, 1.165) is 19.5 Å². The molecule has 7 nitrogen and oxygen atoms in total. The molecular weight excluding hydrogens is 316 g/mol.